The average Bonchev–Trinajstić information content (AvgIpc) is 3.38. The maximum absolute atomic E-state index is 13.7. The molecule has 0 atom stereocenters. The van der Waals surface area contributed by atoms with Gasteiger partial charge in [-0.3, -0.25) is 9.59 Å². The molecule has 2 amide bonds. The predicted octanol–water partition coefficient (Wildman–Crippen LogP) is 6.15. The van der Waals surface area contributed by atoms with Crippen molar-refractivity contribution in [3.05, 3.63) is 138 Å². The molecule has 200 valence electrons. The SMILES string of the molecule is CC(C)N(CC(=O)N(Cc1ccccc1)Cc1cccn1Cc1ccc(F)cc1)C(=O)/C=C/c1ccccc1. The van der Waals surface area contributed by atoms with E-state index in [1.807, 2.05) is 92.8 Å². The van der Waals surface area contributed by atoms with Gasteiger partial charge in [-0.1, -0.05) is 72.8 Å². The molecular formula is C33H34FN3O2. The van der Waals surface area contributed by atoms with Gasteiger partial charge in [-0.25, -0.2) is 4.39 Å². The molecule has 0 fully saturated rings. The number of hydrogen-bond donors (Lipinski definition) is 0. The van der Waals surface area contributed by atoms with Crippen LogP contribution in [-0.2, 0) is 29.2 Å². The van der Waals surface area contributed by atoms with Crippen molar-refractivity contribution in [2.75, 3.05) is 6.54 Å². The van der Waals surface area contributed by atoms with Crippen molar-refractivity contribution in [1.29, 1.82) is 0 Å². The number of nitrogens with zero attached hydrogens (tertiary/aromatic N) is 3. The summed E-state index contributed by atoms with van der Waals surface area (Å²) in [5.74, 6) is -0.612. The molecule has 6 heteroatoms. The van der Waals surface area contributed by atoms with E-state index >= 15 is 0 Å². The fraction of sp³-hybridized carbons (Fsp3) is 0.212. The zero-order valence-corrected chi connectivity index (χ0v) is 22.4. The van der Waals surface area contributed by atoms with Crippen molar-refractivity contribution in [2.45, 2.75) is 39.5 Å². The predicted molar refractivity (Wildman–Crippen MR) is 153 cm³/mol. The molecule has 0 unspecified atom stereocenters. The number of carbonyl (C=O) groups excluding carboxylic acids is 2. The van der Waals surface area contributed by atoms with Crippen LogP contribution < -0.4 is 0 Å². The summed E-state index contributed by atoms with van der Waals surface area (Å²) >= 11 is 0. The highest BCUT2D eigenvalue weighted by atomic mass is 19.1. The van der Waals surface area contributed by atoms with Crippen LogP contribution in [-0.4, -0.2) is 38.8 Å². The van der Waals surface area contributed by atoms with Crippen molar-refractivity contribution in [1.82, 2.24) is 14.4 Å². The summed E-state index contributed by atoms with van der Waals surface area (Å²) in [5.41, 5.74) is 3.86. The lowest BCUT2D eigenvalue weighted by Gasteiger charge is -2.30. The molecule has 5 nitrogen and oxygen atoms in total. The molecule has 0 bridgehead atoms. The van der Waals surface area contributed by atoms with Gasteiger partial charge in [-0.2, -0.15) is 0 Å². The normalized spacial score (nSPS) is 11.2. The average molecular weight is 524 g/mol. The largest absolute Gasteiger partial charge is 0.345 e. The fourth-order valence-corrected chi connectivity index (χ4v) is 4.35. The second-order valence-electron chi connectivity index (χ2n) is 9.79. The van der Waals surface area contributed by atoms with E-state index in [4.69, 9.17) is 0 Å². The van der Waals surface area contributed by atoms with Crippen LogP contribution in [0.1, 0.15) is 36.2 Å². The molecule has 3 aromatic carbocycles. The maximum Gasteiger partial charge on any atom is 0.247 e. The van der Waals surface area contributed by atoms with E-state index in [0.717, 1.165) is 22.4 Å². The molecule has 1 aromatic heterocycles. The van der Waals surface area contributed by atoms with Crippen LogP contribution in [0.15, 0.2) is 109 Å². The van der Waals surface area contributed by atoms with Crippen LogP contribution in [0.4, 0.5) is 4.39 Å². The van der Waals surface area contributed by atoms with E-state index in [1.165, 1.54) is 18.2 Å². The lowest BCUT2D eigenvalue weighted by atomic mass is 10.2. The third-order valence-corrected chi connectivity index (χ3v) is 6.54. The summed E-state index contributed by atoms with van der Waals surface area (Å²) < 4.78 is 15.4. The highest BCUT2D eigenvalue weighted by molar-refractivity contribution is 5.94. The van der Waals surface area contributed by atoms with Gasteiger partial charge in [-0.15, -0.1) is 0 Å². The number of halogens is 1. The molecule has 39 heavy (non-hydrogen) atoms. The van der Waals surface area contributed by atoms with E-state index < -0.39 is 0 Å². The first kappa shape index (κ1) is 27.6. The van der Waals surface area contributed by atoms with Crippen molar-refractivity contribution in [3.63, 3.8) is 0 Å². The first-order chi connectivity index (χ1) is 18.9. The molecule has 0 radical (unpaired) electrons. The zero-order chi connectivity index (χ0) is 27.6. The number of aromatic nitrogens is 1. The Morgan fingerprint density at radius 2 is 1.49 bits per heavy atom. The van der Waals surface area contributed by atoms with Gasteiger partial charge in [0.05, 0.1) is 6.54 Å². The summed E-state index contributed by atoms with van der Waals surface area (Å²) in [6, 6.07) is 29.7. The van der Waals surface area contributed by atoms with Gasteiger partial charge in [-0.05, 0) is 60.9 Å². The Morgan fingerprint density at radius 1 is 0.821 bits per heavy atom. The molecule has 0 spiro atoms. The number of rotatable bonds is 11. The van der Waals surface area contributed by atoms with Gasteiger partial charge < -0.3 is 14.4 Å². The fourth-order valence-electron chi connectivity index (χ4n) is 4.35. The summed E-state index contributed by atoms with van der Waals surface area (Å²) in [5, 5.41) is 0. The standard InChI is InChI=1S/C33H34FN3O2/c1-26(2)37(32(38)20-17-27-10-5-3-6-11-27)25-33(39)36(23-28-12-7-4-8-13-28)24-31-14-9-21-35(31)22-29-15-18-30(34)19-16-29/h3-21,26H,22-25H2,1-2H3/b20-17+. The van der Waals surface area contributed by atoms with Gasteiger partial charge in [0.1, 0.15) is 12.4 Å². The lowest BCUT2D eigenvalue weighted by Crippen LogP contribution is -2.45. The second kappa shape index (κ2) is 13.4. The molecule has 1 heterocycles. The molecule has 4 aromatic rings. The Hall–Kier alpha value is -4.45. The number of benzene rings is 3. The quantitative estimate of drug-likeness (QED) is 0.221. The first-order valence-corrected chi connectivity index (χ1v) is 13.1. The highest BCUT2D eigenvalue weighted by Crippen LogP contribution is 2.15. The van der Waals surface area contributed by atoms with Crippen molar-refractivity contribution in [2.24, 2.45) is 0 Å². The molecule has 0 N–H and O–H groups in total. The van der Waals surface area contributed by atoms with Crippen LogP contribution >= 0.6 is 0 Å². The van der Waals surface area contributed by atoms with Gasteiger partial charge >= 0.3 is 0 Å². The van der Waals surface area contributed by atoms with E-state index in [2.05, 4.69) is 4.57 Å². The number of carbonyl (C=O) groups is 2. The summed E-state index contributed by atoms with van der Waals surface area (Å²) in [7, 11) is 0. The third kappa shape index (κ3) is 8.01. The Morgan fingerprint density at radius 3 is 2.15 bits per heavy atom. The zero-order valence-electron chi connectivity index (χ0n) is 22.4. The summed E-state index contributed by atoms with van der Waals surface area (Å²) in [4.78, 5) is 30.2. The van der Waals surface area contributed by atoms with E-state index in [-0.39, 0.29) is 30.2 Å². The highest BCUT2D eigenvalue weighted by Gasteiger charge is 2.23. The van der Waals surface area contributed by atoms with Crippen molar-refractivity contribution >= 4 is 17.9 Å². The maximum atomic E-state index is 13.7. The summed E-state index contributed by atoms with van der Waals surface area (Å²) in [6.45, 7) is 5.16. The Bertz CT molecular complexity index is 1380. The minimum atomic E-state index is -0.269. The molecule has 0 saturated heterocycles. The van der Waals surface area contributed by atoms with Gasteiger partial charge in [0.25, 0.3) is 0 Å². The van der Waals surface area contributed by atoms with Gasteiger partial charge in [0.2, 0.25) is 11.8 Å². The minimum Gasteiger partial charge on any atom is -0.345 e. The molecule has 0 saturated carbocycles. The Labute approximate surface area is 229 Å². The smallest absolute Gasteiger partial charge is 0.247 e. The van der Waals surface area contributed by atoms with Crippen LogP contribution in [0.25, 0.3) is 6.08 Å². The van der Waals surface area contributed by atoms with Gasteiger partial charge in [0, 0.05) is 37.1 Å². The molecular weight excluding hydrogens is 489 g/mol. The van der Waals surface area contributed by atoms with Gasteiger partial charge in [0.15, 0.2) is 0 Å². The topological polar surface area (TPSA) is 45.6 Å². The summed E-state index contributed by atoms with van der Waals surface area (Å²) in [6.07, 6.45) is 5.26. The second-order valence-corrected chi connectivity index (χ2v) is 9.79. The monoisotopic (exact) mass is 523 g/mol. The Balaban J connectivity index is 1.52. The van der Waals surface area contributed by atoms with Crippen LogP contribution in [0.5, 0.6) is 0 Å². The molecule has 0 aliphatic carbocycles. The minimum absolute atomic E-state index is 0.0267. The van der Waals surface area contributed by atoms with Crippen LogP contribution in [0, 0.1) is 5.82 Å². The van der Waals surface area contributed by atoms with E-state index in [9.17, 15) is 14.0 Å². The first-order valence-electron chi connectivity index (χ1n) is 13.1. The van der Waals surface area contributed by atoms with E-state index in [1.54, 1.807) is 28.0 Å². The lowest BCUT2D eigenvalue weighted by molar-refractivity contribution is -0.140. The molecule has 4 rings (SSSR count). The van der Waals surface area contributed by atoms with Crippen LogP contribution in [0.2, 0.25) is 0 Å². The number of amides is 2. The molecule has 0 aliphatic rings. The van der Waals surface area contributed by atoms with E-state index in [0.29, 0.717) is 19.6 Å². The Kier molecular flexibility index (Phi) is 9.46. The number of hydrogen-bond acceptors (Lipinski definition) is 2. The molecule has 0 aliphatic heterocycles. The third-order valence-electron chi connectivity index (χ3n) is 6.54. The van der Waals surface area contributed by atoms with Crippen LogP contribution in [0.3, 0.4) is 0 Å². The van der Waals surface area contributed by atoms with Crippen molar-refractivity contribution < 1.29 is 14.0 Å². The van der Waals surface area contributed by atoms with Crippen molar-refractivity contribution in [3.8, 4) is 0 Å².